The van der Waals surface area contributed by atoms with Gasteiger partial charge >= 0.3 is 0 Å². The van der Waals surface area contributed by atoms with Gasteiger partial charge in [0.25, 0.3) is 5.91 Å². The van der Waals surface area contributed by atoms with Crippen molar-refractivity contribution in [2.75, 3.05) is 18.4 Å². The van der Waals surface area contributed by atoms with Gasteiger partial charge in [0.05, 0.1) is 17.4 Å². The molecule has 1 aromatic heterocycles. The van der Waals surface area contributed by atoms with Crippen LogP contribution in [0.2, 0.25) is 0 Å². The molecular formula is C16H18BrN3O. The molecule has 1 amide bonds. The molecule has 2 aromatic rings. The van der Waals surface area contributed by atoms with Gasteiger partial charge in [-0.2, -0.15) is 0 Å². The van der Waals surface area contributed by atoms with Crippen LogP contribution in [0.25, 0.3) is 0 Å². The van der Waals surface area contributed by atoms with Gasteiger partial charge in [0.2, 0.25) is 0 Å². The highest BCUT2D eigenvalue weighted by Gasteiger charge is 2.13. The molecule has 21 heavy (non-hydrogen) atoms. The molecule has 0 aliphatic carbocycles. The lowest BCUT2D eigenvalue weighted by Crippen LogP contribution is -2.30. The summed E-state index contributed by atoms with van der Waals surface area (Å²) in [4.78, 5) is 18.2. The Labute approximate surface area is 133 Å². The SMILES string of the molecule is CCN(CC)C(=O)c1cncc(Nc2ccc(Br)cc2)c1. The van der Waals surface area contributed by atoms with Crippen LogP contribution in [0.5, 0.6) is 0 Å². The zero-order valence-corrected chi connectivity index (χ0v) is 13.7. The highest BCUT2D eigenvalue weighted by Crippen LogP contribution is 2.19. The monoisotopic (exact) mass is 347 g/mol. The molecule has 0 saturated heterocycles. The molecule has 0 saturated carbocycles. The summed E-state index contributed by atoms with van der Waals surface area (Å²) >= 11 is 3.40. The van der Waals surface area contributed by atoms with Crippen molar-refractivity contribution in [3.8, 4) is 0 Å². The van der Waals surface area contributed by atoms with Gasteiger partial charge < -0.3 is 10.2 Å². The van der Waals surface area contributed by atoms with Crippen molar-refractivity contribution in [1.29, 1.82) is 0 Å². The standard InChI is InChI=1S/C16H18BrN3O/c1-3-20(4-2)16(21)12-9-15(11-18-10-12)19-14-7-5-13(17)6-8-14/h5-11,19H,3-4H2,1-2H3. The first-order chi connectivity index (χ1) is 10.1. The Kier molecular flexibility index (Phi) is 5.33. The molecule has 0 aliphatic rings. The van der Waals surface area contributed by atoms with E-state index in [-0.39, 0.29) is 5.91 Å². The number of hydrogen-bond donors (Lipinski definition) is 1. The van der Waals surface area contributed by atoms with Gasteiger partial charge in [-0.25, -0.2) is 0 Å². The van der Waals surface area contributed by atoms with E-state index >= 15 is 0 Å². The lowest BCUT2D eigenvalue weighted by Gasteiger charge is -2.18. The predicted octanol–water partition coefficient (Wildman–Crippen LogP) is 4.07. The van der Waals surface area contributed by atoms with E-state index in [9.17, 15) is 4.79 Å². The molecule has 1 heterocycles. The number of hydrogen-bond acceptors (Lipinski definition) is 3. The highest BCUT2D eigenvalue weighted by atomic mass is 79.9. The third-order valence-corrected chi connectivity index (χ3v) is 3.70. The molecule has 0 atom stereocenters. The number of halogens is 1. The number of pyridine rings is 1. The van der Waals surface area contributed by atoms with E-state index in [1.807, 2.05) is 44.2 Å². The topological polar surface area (TPSA) is 45.2 Å². The Morgan fingerprint density at radius 1 is 1.14 bits per heavy atom. The summed E-state index contributed by atoms with van der Waals surface area (Å²) in [6, 6.07) is 9.67. The molecule has 5 heteroatoms. The summed E-state index contributed by atoms with van der Waals surface area (Å²) in [5.41, 5.74) is 2.35. The van der Waals surface area contributed by atoms with Crippen LogP contribution in [-0.4, -0.2) is 28.9 Å². The molecule has 0 unspecified atom stereocenters. The van der Waals surface area contributed by atoms with Crippen LogP contribution in [0, 0.1) is 0 Å². The Morgan fingerprint density at radius 2 is 1.81 bits per heavy atom. The van der Waals surface area contributed by atoms with E-state index in [0.29, 0.717) is 18.7 Å². The fraction of sp³-hybridized carbons (Fsp3) is 0.250. The van der Waals surface area contributed by atoms with Crippen molar-refractivity contribution in [2.24, 2.45) is 0 Å². The van der Waals surface area contributed by atoms with Crippen LogP contribution < -0.4 is 5.32 Å². The number of anilines is 2. The molecule has 0 fully saturated rings. The number of carbonyl (C=O) groups excluding carboxylic acids is 1. The highest BCUT2D eigenvalue weighted by molar-refractivity contribution is 9.10. The van der Waals surface area contributed by atoms with Crippen molar-refractivity contribution < 1.29 is 4.79 Å². The van der Waals surface area contributed by atoms with Crippen LogP contribution in [-0.2, 0) is 0 Å². The summed E-state index contributed by atoms with van der Waals surface area (Å²) in [5, 5.41) is 3.25. The summed E-state index contributed by atoms with van der Waals surface area (Å²) in [6.45, 7) is 5.33. The first-order valence-corrected chi connectivity index (χ1v) is 7.70. The summed E-state index contributed by atoms with van der Waals surface area (Å²) in [5.74, 6) is 0.00644. The number of aromatic nitrogens is 1. The number of amides is 1. The number of nitrogens with one attached hydrogen (secondary N) is 1. The van der Waals surface area contributed by atoms with Gasteiger partial charge in [0, 0.05) is 29.4 Å². The fourth-order valence-electron chi connectivity index (χ4n) is 2.02. The maximum atomic E-state index is 12.3. The normalized spacial score (nSPS) is 10.2. The Bertz CT molecular complexity index is 609. The average Bonchev–Trinajstić information content (AvgIpc) is 2.51. The minimum absolute atomic E-state index is 0.00644. The third kappa shape index (κ3) is 4.04. The first kappa shape index (κ1) is 15.5. The third-order valence-electron chi connectivity index (χ3n) is 3.17. The summed E-state index contributed by atoms with van der Waals surface area (Å²) in [6.07, 6.45) is 3.31. The molecule has 1 aromatic carbocycles. The number of benzene rings is 1. The van der Waals surface area contributed by atoms with Gasteiger partial charge in [-0.1, -0.05) is 15.9 Å². The van der Waals surface area contributed by atoms with E-state index in [1.165, 1.54) is 0 Å². The molecule has 110 valence electrons. The second-order valence-electron chi connectivity index (χ2n) is 4.57. The molecule has 0 bridgehead atoms. The Hall–Kier alpha value is -1.88. The minimum Gasteiger partial charge on any atom is -0.354 e. The molecular weight excluding hydrogens is 330 g/mol. The van der Waals surface area contributed by atoms with E-state index in [1.54, 1.807) is 17.3 Å². The zero-order chi connectivity index (χ0) is 15.2. The van der Waals surface area contributed by atoms with Gasteiger partial charge in [0.1, 0.15) is 0 Å². The molecule has 1 N–H and O–H groups in total. The Morgan fingerprint density at radius 3 is 2.43 bits per heavy atom. The molecule has 0 aliphatic heterocycles. The molecule has 4 nitrogen and oxygen atoms in total. The van der Waals surface area contributed by atoms with Crippen LogP contribution >= 0.6 is 15.9 Å². The lowest BCUT2D eigenvalue weighted by atomic mass is 10.2. The van der Waals surface area contributed by atoms with Gasteiger partial charge in [-0.3, -0.25) is 9.78 Å². The predicted molar refractivity (Wildman–Crippen MR) is 88.9 cm³/mol. The van der Waals surface area contributed by atoms with Crippen LogP contribution in [0.4, 0.5) is 11.4 Å². The quantitative estimate of drug-likeness (QED) is 0.886. The van der Waals surface area contributed by atoms with Crippen molar-refractivity contribution >= 4 is 33.2 Å². The van der Waals surface area contributed by atoms with Gasteiger partial charge in [0.15, 0.2) is 0 Å². The van der Waals surface area contributed by atoms with Crippen LogP contribution in [0.1, 0.15) is 24.2 Å². The van der Waals surface area contributed by atoms with Gasteiger partial charge in [-0.15, -0.1) is 0 Å². The van der Waals surface area contributed by atoms with Crippen molar-refractivity contribution in [1.82, 2.24) is 9.88 Å². The smallest absolute Gasteiger partial charge is 0.255 e. The molecule has 2 rings (SSSR count). The average molecular weight is 348 g/mol. The number of rotatable bonds is 5. The van der Waals surface area contributed by atoms with Gasteiger partial charge in [-0.05, 0) is 44.2 Å². The minimum atomic E-state index is 0.00644. The summed E-state index contributed by atoms with van der Waals surface area (Å²) in [7, 11) is 0. The fourth-order valence-corrected chi connectivity index (χ4v) is 2.28. The second-order valence-corrected chi connectivity index (χ2v) is 5.49. The van der Waals surface area contributed by atoms with Crippen molar-refractivity contribution in [3.63, 3.8) is 0 Å². The van der Waals surface area contributed by atoms with E-state index in [0.717, 1.165) is 15.8 Å². The number of carbonyl (C=O) groups is 1. The van der Waals surface area contributed by atoms with Crippen LogP contribution in [0.15, 0.2) is 47.2 Å². The van der Waals surface area contributed by atoms with Crippen molar-refractivity contribution in [3.05, 3.63) is 52.8 Å². The van der Waals surface area contributed by atoms with E-state index < -0.39 is 0 Å². The van der Waals surface area contributed by atoms with E-state index in [4.69, 9.17) is 0 Å². The maximum absolute atomic E-state index is 12.3. The lowest BCUT2D eigenvalue weighted by molar-refractivity contribution is 0.0772. The summed E-state index contributed by atoms with van der Waals surface area (Å²) < 4.78 is 1.02. The number of nitrogens with zero attached hydrogens (tertiary/aromatic N) is 2. The van der Waals surface area contributed by atoms with Crippen molar-refractivity contribution in [2.45, 2.75) is 13.8 Å². The molecule has 0 radical (unpaired) electrons. The van der Waals surface area contributed by atoms with E-state index in [2.05, 4.69) is 26.2 Å². The largest absolute Gasteiger partial charge is 0.354 e. The Balaban J connectivity index is 2.17. The second kappa shape index (κ2) is 7.22. The maximum Gasteiger partial charge on any atom is 0.255 e. The molecule has 0 spiro atoms. The van der Waals surface area contributed by atoms with Crippen LogP contribution in [0.3, 0.4) is 0 Å². The first-order valence-electron chi connectivity index (χ1n) is 6.91. The zero-order valence-electron chi connectivity index (χ0n) is 12.1.